The molecule has 0 aromatic carbocycles. The molecule has 0 aliphatic rings. The molecule has 3 nitrogen and oxygen atoms in total. The van der Waals surface area contributed by atoms with Gasteiger partial charge >= 0.3 is 5.97 Å². The van der Waals surface area contributed by atoms with E-state index in [1.165, 1.54) is 19.3 Å². The van der Waals surface area contributed by atoms with E-state index in [1.54, 1.807) is 0 Å². The molecule has 0 rings (SSSR count). The van der Waals surface area contributed by atoms with Crippen molar-refractivity contribution in [2.45, 2.75) is 78.6 Å². The minimum absolute atomic E-state index is 0.0245. The molecule has 19 heavy (non-hydrogen) atoms. The fourth-order valence-corrected chi connectivity index (χ4v) is 2.37. The number of aliphatic carboxylic acids is 1. The van der Waals surface area contributed by atoms with Crippen molar-refractivity contribution in [2.75, 3.05) is 6.61 Å². The minimum atomic E-state index is -0.710. The second-order valence-corrected chi connectivity index (χ2v) is 6.33. The van der Waals surface area contributed by atoms with E-state index in [0.29, 0.717) is 0 Å². The molecule has 0 heterocycles. The third-order valence-corrected chi connectivity index (χ3v) is 4.23. The van der Waals surface area contributed by atoms with Crippen molar-refractivity contribution in [3.63, 3.8) is 0 Å². The zero-order valence-corrected chi connectivity index (χ0v) is 13.0. The quantitative estimate of drug-likeness (QED) is 0.522. The molecule has 114 valence electrons. The number of unbranched alkanes of at least 4 members (excludes halogenated alkanes) is 2. The predicted molar refractivity (Wildman–Crippen MR) is 79.2 cm³/mol. The van der Waals surface area contributed by atoms with E-state index in [0.717, 1.165) is 38.0 Å². The van der Waals surface area contributed by atoms with Gasteiger partial charge in [0.05, 0.1) is 0 Å². The molecule has 2 unspecified atom stereocenters. The molecule has 0 aliphatic heterocycles. The Labute approximate surface area is 118 Å². The highest BCUT2D eigenvalue weighted by Crippen LogP contribution is 2.31. The van der Waals surface area contributed by atoms with Crippen LogP contribution in [0.3, 0.4) is 0 Å². The molecule has 0 radical (unpaired) electrons. The number of carboxylic acid groups (broad SMARTS) is 1. The molecular weight excluding hydrogens is 240 g/mol. The van der Waals surface area contributed by atoms with E-state index in [4.69, 9.17) is 5.11 Å². The van der Waals surface area contributed by atoms with Crippen molar-refractivity contribution >= 4 is 5.97 Å². The van der Waals surface area contributed by atoms with Gasteiger partial charge in [0.1, 0.15) is 0 Å². The van der Waals surface area contributed by atoms with Crippen LogP contribution in [-0.2, 0) is 4.79 Å². The molecule has 3 heteroatoms. The Kier molecular flexibility index (Phi) is 9.94. The number of carboxylic acids is 1. The second kappa shape index (κ2) is 10.2. The van der Waals surface area contributed by atoms with Crippen LogP contribution in [-0.4, -0.2) is 22.8 Å². The third kappa shape index (κ3) is 9.94. The van der Waals surface area contributed by atoms with Gasteiger partial charge in [0.2, 0.25) is 0 Å². The SMILES string of the molecule is CCC(C)CCCC(C)(CO)CCCCCC(=O)O. The molecular formula is C16H32O3. The zero-order valence-electron chi connectivity index (χ0n) is 13.0. The minimum Gasteiger partial charge on any atom is -0.481 e. The highest BCUT2D eigenvalue weighted by molar-refractivity contribution is 5.66. The number of aliphatic hydroxyl groups is 1. The molecule has 0 aromatic heterocycles. The fourth-order valence-electron chi connectivity index (χ4n) is 2.37. The van der Waals surface area contributed by atoms with Crippen molar-refractivity contribution in [3.05, 3.63) is 0 Å². The first-order chi connectivity index (χ1) is 8.93. The monoisotopic (exact) mass is 272 g/mol. The molecule has 0 fully saturated rings. The van der Waals surface area contributed by atoms with Gasteiger partial charge in [-0.2, -0.15) is 0 Å². The smallest absolute Gasteiger partial charge is 0.303 e. The van der Waals surface area contributed by atoms with Gasteiger partial charge in [-0.05, 0) is 30.6 Å². The lowest BCUT2D eigenvalue weighted by molar-refractivity contribution is -0.137. The summed E-state index contributed by atoms with van der Waals surface area (Å²) in [6.45, 7) is 6.90. The lowest BCUT2D eigenvalue weighted by atomic mass is 9.80. The van der Waals surface area contributed by atoms with Crippen LogP contribution in [0.25, 0.3) is 0 Å². The van der Waals surface area contributed by atoms with E-state index < -0.39 is 5.97 Å². The lowest BCUT2D eigenvalue weighted by Crippen LogP contribution is -2.21. The van der Waals surface area contributed by atoms with E-state index in [1.807, 2.05) is 0 Å². The Morgan fingerprint density at radius 3 is 2.32 bits per heavy atom. The highest BCUT2D eigenvalue weighted by atomic mass is 16.4. The first-order valence-corrected chi connectivity index (χ1v) is 7.76. The summed E-state index contributed by atoms with van der Waals surface area (Å²) in [4.78, 5) is 10.4. The number of hydrogen-bond donors (Lipinski definition) is 2. The van der Waals surface area contributed by atoms with Crippen LogP contribution in [0.15, 0.2) is 0 Å². The molecule has 0 saturated heterocycles. The van der Waals surface area contributed by atoms with Gasteiger partial charge in [0.15, 0.2) is 0 Å². The Bertz CT molecular complexity index is 240. The van der Waals surface area contributed by atoms with Gasteiger partial charge < -0.3 is 10.2 Å². The summed E-state index contributed by atoms with van der Waals surface area (Å²) in [5.74, 6) is 0.0667. The average Bonchev–Trinajstić information content (AvgIpc) is 2.37. The van der Waals surface area contributed by atoms with Crippen LogP contribution in [0.1, 0.15) is 78.6 Å². The number of carbonyl (C=O) groups is 1. The van der Waals surface area contributed by atoms with Crippen molar-refractivity contribution in [1.82, 2.24) is 0 Å². The number of aliphatic hydroxyl groups excluding tert-OH is 1. The number of hydrogen-bond acceptors (Lipinski definition) is 2. The summed E-state index contributed by atoms with van der Waals surface area (Å²) >= 11 is 0. The van der Waals surface area contributed by atoms with Gasteiger partial charge in [-0.1, -0.05) is 52.9 Å². The predicted octanol–water partition coefficient (Wildman–Crippen LogP) is 4.24. The zero-order chi connectivity index (χ0) is 14.7. The van der Waals surface area contributed by atoms with E-state index in [9.17, 15) is 9.90 Å². The van der Waals surface area contributed by atoms with Crippen LogP contribution in [0.4, 0.5) is 0 Å². The van der Waals surface area contributed by atoms with Crippen LogP contribution in [0.2, 0.25) is 0 Å². The van der Waals surface area contributed by atoms with Crippen molar-refractivity contribution in [1.29, 1.82) is 0 Å². The third-order valence-electron chi connectivity index (χ3n) is 4.23. The van der Waals surface area contributed by atoms with Crippen molar-refractivity contribution in [2.24, 2.45) is 11.3 Å². The fraction of sp³-hybridized carbons (Fsp3) is 0.938. The van der Waals surface area contributed by atoms with Gasteiger partial charge in [-0.25, -0.2) is 0 Å². The molecule has 0 bridgehead atoms. The van der Waals surface area contributed by atoms with Gasteiger partial charge in [0, 0.05) is 13.0 Å². The Morgan fingerprint density at radius 2 is 1.79 bits per heavy atom. The van der Waals surface area contributed by atoms with Crippen molar-refractivity contribution in [3.8, 4) is 0 Å². The van der Waals surface area contributed by atoms with E-state index >= 15 is 0 Å². The van der Waals surface area contributed by atoms with Gasteiger partial charge in [-0.3, -0.25) is 4.79 Å². The topological polar surface area (TPSA) is 57.5 Å². The normalized spacial score (nSPS) is 16.0. The summed E-state index contributed by atoms with van der Waals surface area (Å²) in [7, 11) is 0. The molecule has 0 aliphatic carbocycles. The lowest BCUT2D eigenvalue weighted by Gasteiger charge is -2.28. The molecule has 0 spiro atoms. The first-order valence-electron chi connectivity index (χ1n) is 7.76. The largest absolute Gasteiger partial charge is 0.481 e. The first kappa shape index (κ1) is 18.4. The van der Waals surface area contributed by atoms with Crippen LogP contribution in [0, 0.1) is 11.3 Å². The summed E-state index contributed by atoms with van der Waals surface area (Å²) in [5.41, 5.74) is 0.0245. The summed E-state index contributed by atoms with van der Waals surface area (Å²) in [6.07, 6.45) is 8.72. The summed E-state index contributed by atoms with van der Waals surface area (Å²) in [5, 5.41) is 18.1. The standard InChI is InChI=1S/C16H32O3/c1-4-14(2)9-8-12-16(3,13-17)11-7-5-6-10-15(18)19/h14,17H,4-13H2,1-3H3,(H,18,19). The van der Waals surface area contributed by atoms with Crippen molar-refractivity contribution < 1.29 is 15.0 Å². The Morgan fingerprint density at radius 1 is 1.16 bits per heavy atom. The maximum absolute atomic E-state index is 10.4. The van der Waals surface area contributed by atoms with Crippen LogP contribution < -0.4 is 0 Å². The Balaban J connectivity index is 3.78. The summed E-state index contributed by atoms with van der Waals surface area (Å²) < 4.78 is 0. The summed E-state index contributed by atoms with van der Waals surface area (Å²) in [6, 6.07) is 0. The molecule has 0 aromatic rings. The average molecular weight is 272 g/mol. The highest BCUT2D eigenvalue weighted by Gasteiger charge is 2.22. The van der Waals surface area contributed by atoms with Gasteiger partial charge in [0.25, 0.3) is 0 Å². The van der Waals surface area contributed by atoms with Gasteiger partial charge in [-0.15, -0.1) is 0 Å². The Hall–Kier alpha value is -0.570. The van der Waals surface area contributed by atoms with E-state index in [-0.39, 0.29) is 18.4 Å². The maximum Gasteiger partial charge on any atom is 0.303 e. The maximum atomic E-state index is 10.4. The second-order valence-electron chi connectivity index (χ2n) is 6.33. The molecule has 2 atom stereocenters. The molecule has 2 N–H and O–H groups in total. The number of rotatable bonds is 12. The van der Waals surface area contributed by atoms with Crippen LogP contribution >= 0.6 is 0 Å². The van der Waals surface area contributed by atoms with E-state index in [2.05, 4.69) is 20.8 Å². The van der Waals surface area contributed by atoms with Crippen LogP contribution in [0.5, 0.6) is 0 Å². The molecule has 0 saturated carbocycles. The molecule has 0 amide bonds.